The van der Waals surface area contributed by atoms with Crippen LogP contribution in [0.15, 0.2) is 52.0 Å². The molecule has 4 nitrogen and oxygen atoms in total. The third kappa shape index (κ3) is 5.13. The summed E-state index contributed by atoms with van der Waals surface area (Å²) in [5.41, 5.74) is 11.0. The minimum Gasteiger partial charge on any atom is -0.488 e. The van der Waals surface area contributed by atoms with Gasteiger partial charge >= 0.3 is 0 Å². The van der Waals surface area contributed by atoms with Crippen molar-refractivity contribution in [3.8, 4) is 5.75 Å². The molecular weight excluding hydrogens is 362 g/mol. The Balaban J connectivity index is 2.12. The largest absolute Gasteiger partial charge is 0.488 e. The summed E-state index contributed by atoms with van der Waals surface area (Å²) in [6.45, 7) is 2.55. The second-order valence-corrected chi connectivity index (χ2v) is 6.05. The highest BCUT2D eigenvalue weighted by molar-refractivity contribution is 9.10. The Bertz CT molecular complexity index is 704. The standard InChI is InChI=1S/C16H16BrN3OS/c1-11-3-2-4-12(7-11)10-21-15-6-5-14(17)8-13(15)9-19-20-16(18)22/h2-9H,10H2,1H3,(H3,18,20,22). The monoisotopic (exact) mass is 377 g/mol. The Labute approximate surface area is 143 Å². The first-order valence-electron chi connectivity index (χ1n) is 6.61. The van der Waals surface area contributed by atoms with Gasteiger partial charge in [0.05, 0.1) is 6.21 Å². The summed E-state index contributed by atoms with van der Waals surface area (Å²) in [5, 5.41) is 4.09. The molecule has 0 aliphatic heterocycles. The van der Waals surface area contributed by atoms with Crippen LogP contribution in [-0.4, -0.2) is 11.3 Å². The molecule has 2 aromatic carbocycles. The van der Waals surface area contributed by atoms with E-state index in [2.05, 4.69) is 45.5 Å². The molecule has 0 heterocycles. The van der Waals surface area contributed by atoms with Gasteiger partial charge < -0.3 is 10.5 Å². The molecule has 0 fully saturated rings. The maximum Gasteiger partial charge on any atom is 0.184 e. The molecular formula is C16H16BrN3OS. The molecule has 114 valence electrons. The zero-order chi connectivity index (χ0) is 15.9. The topological polar surface area (TPSA) is 59.6 Å². The van der Waals surface area contributed by atoms with Crippen LogP contribution in [0.2, 0.25) is 0 Å². The minimum atomic E-state index is 0.119. The fourth-order valence-corrected chi connectivity index (χ4v) is 2.31. The zero-order valence-corrected chi connectivity index (χ0v) is 14.4. The van der Waals surface area contributed by atoms with Gasteiger partial charge in [-0.3, -0.25) is 5.43 Å². The van der Waals surface area contributed by atoms with E-state index in [0.717, 1.165) is 21.3 Å². The van der Waals surface area contributed by atoms with E-state index in [0.29, 0.717) is 6.61 Å². The SMILES string of the molecule is Cc1cccc(COc2ccc(Br)cc2C=NNC(N)=S)c1. The van der Waals surface area contributed by atoms with Crippen LogP contribution in [-0.2, 0) is 6.61 Å². The van der Waals surface area contributed by atoms with E-state index < -0.39 is 0 Å². The molecule has 0 radical (unpaired) electrons. The maximum atomic E-state index is 5.89. The van der Waals surface area contributed by atoms with Gasteiger partial charge in [0.15, 0.2) is 5.11 Å². The van der Waals surface area contributed by atoms with E-state index in [4.69, 9.17) is 22.7 Å². The van der Waals surface area contributed by atoms with Crippen LogP contribution in [0, 0.1) is 6.92 Å². The summed E-state index contributed by atoms with van der Waals surface area (Å²) in [4.78, 5) is 0. The lowest BCUT2D eigenvalue weighted by Gasteiger charge is -2.10. The quantitative estimate of drug-likeness (QED) is 0.475. The molecule has 3 N–H and O–H groups in total. The van der Waals surface area contributed by atoms with Gasteiger partial charge in [0.1, 0.15) is 12.4 Å². The van der Waals surface area contributed by atoms with Gasteiger partial charge in [-0.05, 0) is 42.9 Å². The first-order valence-corrected chi connectivity index (χ1v) is 7.81. The van der Waals surface area contributed by atoms with Crippen LogP contribution in [0.3, 0.4) is 0 Å². The smallest absolute Gasteiger partial charge is 0.184 e. The highest BCUT2D eigenvalue weighted by atomic mass is 79.9. The number of halogens is 1. The highest BCUT2D eigenvalue weighted by Gasteiger charge is 2.04. The average molecular weight is 378 g/mol. The zero-order valence-electron chi connectivity index (χ0n) is 12.0. The van der Waals surface area contributed by atoms with Crippen molar-refractivity contribution in [2.24, 2.45) is 10.8 Å². The molecule has 0 unspecified atom stereocenters. The number of benzene rings is 2. The highest BCUT2D eigenvalue weighted by Crippen LogP contribution is 2.23. The van der Waals surface area contributed by atoms with Crippen LogP contribution in [0.1, 0.15) is 16.7 Å². The molecule has 0 saturated heterocycles. The van der Waals surface area contributed by atoms with Crippen molar-refractivity contribution in [2.45, 2.75) is 13.5 Å². The number of nitrogens with two attached hydrogens (primary N) is 1. The molecule has 0 aliphatic carbocycles. The number of hydrogen-bond donors (Lipinski definition) is 2. The lowest BCUT2D eigenvalue weighted by Crippen LogP contribution is -2.24. The van der Waals surface area contributed by atoms with Crippen LogP contribution < -0.4 is 15.9 Å². The van der Waals surface area contributed by atoms with Crippen molar-refractivity contribution in [3.63, 3.8) is 0 Å². The van der Waals surface area contributed by atoms with Crippen molar-refractivity contribution < 1.29 is 4.74 Å². The van der Waals surface area contributed by atoms with Crippen LogP contribution in [0.25, 0.3) is 0 Å². The molecule has 0 atom stereocenters. The summed E-state index contributed by atoms with van der Waals surface area (Å²) >= 11 is 8.14. The number of thiocarbonyl (C=S) groups is 1. The third-order valence-corrected chi connectivity index (χ3v) is 3.41. The number of hydrazone groups is 1. The van der Waals surface area contributed by atoms with Gasteiger partial charge in [0.2, 0.25) is 0 Å². The fraction of sp³-hybridized carbons (Fsp3) is 0.125. The molecule has 2 rings (SSSR count). The molecule has 22 heavy (non-hydrogen) atoms. The first-order chi connectivity index (χ1) is 10.5. The lowest BCUT2D eigenvalue weighted by molar-refractivity contribution is 0.305. The second-order valence-electron chi connectivity index (χ2n) is 4.69. The predicted octanol–water partition coefficient (Wildman–Crippen LogP) is 3.50. The number of ether oxygens (including phenoxy) is 1. The van der Waals surface area contributed by atoms with Gasteiger partial charge in [-0.2, -0.15) is 5.10 Å². The Hall–Kier alpha value is -1.92. The van der Waals surface area contributed by atoms with Gasteiger partial charge in [0, 0.05) is 10.0 Å². The molecule has 0 bridgehead atoms. The summed E-state index contributed by atoms with van der Waals surface area (Å²) in [7, 11) is 0. The van der Waals surface area contributed by atoms with Crippen LogP contribution in [0.4, 0.5) is 0 Å². The number of rotatable bonds is 5. The third-order valence-electron chi connectivity index (χ3n) is 2.83. The van der Waals surface area contributed by atoms with E-state index in [1.807, 2.05) is 30.3 Å². The normalized spacial score (nSPS) is 10.6. The number of nitrogens with one attached hydrogen (secondary N) is 1. The number of hydrogen-bond acceptors (Lipinski definition) is 3. The lowest BCUT2D eigenvalue weighted by atomic mass is 10.1. The van der Waals surface area contributed by atoms with Gasteiger partial charge in [-0.25, -0.2) is 0 Å². The summed E-state index contributed by atoms with van der Waals surface area (Å²) < 4.78 is 6.82. The van der Waals surface area contributed by atoms with Crippen molar-refractivity contribution in [2.75, 3.05) is 0 Å². The van der Waals surface area contributed by atoms with E-state index in [1.54, 1.807) is 6.21 Å². The number of aryl methyl sites for hydroxylation is 1. The molecule has 2 aromatic rings. The van der Waals surface area contributed by atoms with E-state index in [9.17, 15) is 0 Å². The van der Waals surface area contributed by atoms with Crippen molar-refractivity contribution in [3.05, 3.63) is 63.6 Å². The fourth-order valence-electron chi connectivity index (χ4n) is 1.88. The predicted molar refractivity (Wildman–Crippen MR) is 97.2 cm³/mol. The van der Waals surface area contributed by atoms with Crippen LogP contribution in [0.5, 0.6) is 5.75 Å². The first kappa shape index (κ1) is 16.5. The number of nitrogens with zero attached hydrogens (tertiary/aromatic N) is 1. The average Bonchev–Trinajstić information content (AvgIpc) is 2.46. The summed E-state index contributed by atoms with van der Waals surface area (Å²) in [6.07, 6.45) is 1.62. The summed E-state index contributed by atoms with van der Waals surface area (Å²) in [6, 6.07) is 13.9. The Kier molecular flexibility index (Phi) is 5.91. The molecule has 0 saturated carbocycles. The van der Waals surface area contributed by atoms with Crippen LogP contribution >= 0.6 is 28.1 Å². The van der Waals surface area contributed by atoms with Crippen molar-refractivity contribution in [1.29, 1.82) is 0 Å². The van der Waals surface area contributed by atoms with E-state index in [1.165, 1.54) is 5.56 Å². The molecule has 0 aliphatic rings. The Morgan fingerprint density at radius 2 is 2.18 bits per heavy atom. The van der Waals surface area contributed by atoms with Gasteiger partial charge in [-0.15, -0.1) is 0 Å². The van der Waals surface area contributed by atoms with E-state index >= 15 is 0 Å². The summed E-state index contributed by atoms with van der Waals surface area (Å²) in [5.74, 6) is 0.734. The van der Waals surface area contributed by atoms with Gasteiger partial charge in [-0.1, -0.05) is 45.8 Å². The Morgan fingerprint density at radius 1 is 1.36 bits per heavy atom. The van der Waals surface area contributed by atoms with Crippen molar-refractivity contribution >= 4 is 39.5 Å². The molecule has 6 heteroatoms. The Morgan fingerprint density at radius 3 is 2.91 bits per heavy atom. The molecule has 0 amide bonds. The minimum absolute atomic E-state index is 0.119. The van der Waals surface area contributed by atoms with E-state index in [-0.39, 0.29) is 5.11 Å². The maximum absolute atomic E-state index is 5.89. The van der Waals surface area contributed by atoms with Crippen molar-refractivity contribution in [1.82, 2.24) is 5.43 Å². The molecule has 0 aromatic heterocycles. The van der Waals surface area contributed by atoms with Gasteiger partial charge in [0.25, 0.3) is 0 Å². The molecule has 0 spiro atoms. The second kappa shape index (κ2) is 7.91.